The summed E-state index contributed by atoms with van der Waals surface area (Å²) in [6.45, 7) is 5.32. The minimum Gasteiger partial charge on any atom is -0.496 e. The van der Waals surface area contributed by atoms with Crippen molar-refractivity contribution in [2.75, 3.05) is 7.11 Å². The molecule has 0 aliphatic carbocycles. The van der Waals surface area contributed by atoms with Crippen molar-refractivity contribution < 1.29 is 4.74 Å². The van der Waals surface area contributed by atoms with Gasteiger partial charge in [0.1, 0.15) is 5.75 Å². The van der Waals surface area contributed by atoms with Gasteiger partial charge in [-0.3, -0.25) is 0 Å². The van der Waals surface area contributed by atoms with Crippen LogP contribution in [0.4, 0.5) is 0 Å². The third-order valence-electron chi connectivity index (χ3n) is 1.32. The Balaban J connectivity index is 3.08. The molecule has 1 aromatic carbocycles. The van der Waals surface area contributed by atoms with E-state index in [-0.39, 0.29) is 0 Å². The minimum atomic E-state index is 0.810. The van der Waals surface area contributed by atoms with E-state index in [0.717, 1.165) is 11.3 Å². The molecule has 1 rings (SSSR count). The van der Waals surface area contributed by atoms with Crippen molar-refractivity contribution in [3.05, 3.63) is 36.4 Å². The number of benzene rings is 1. The van der Waals surface area contributed by atoms with Crippen LogP contribution in [0.25, 0.3) is 6.08 Å². The first kappa shape index (κ1) is 6.87. The Morgan fingerprint density at radius 1 is 1.40 bits per heavy atom. The molecule has 51 valence electrons. The molecule has 0 saturated carbocycles. The molecule has 0 fully saturated rings. The van der Waals surface area contributed by atoms with Crippen LogP contribution in [-0.2, 0) is 0 Å². The summed E-state index contributed by atoms with van der Waals surface area (Å²) in [5.74, 6) is 0.810. The average Bonchev–Trinajstić information content (AvgIpc) is 2.04. The second-order valence-electron chi connectivity index (χ2n) is 1.91. The summed E-state index contributed by atoms with van der Waals surface area (Å²) >= 11 is 0. The molecule has 1 heteroatoms. The third-order valence-corrected chi connectivity index (χ3v) is 1.32. The predicted octanol–water partition coefficient (Wildman–Crippen LogP) is 2.14. The first-order chi connectivity index (χ1) is 4.88. The van der Waals surface area contributed by atoms with Crippen molar-refractivity contribution in [1.82, 2.24) is 0 Å². The maximum Gasteiger partial charge on any atom is 0.126 e. The van der Waals surface area contributed by atoms with Crippen molar-refractivity contribution >= 4 is 6.08 Å². The fourth-order valence-electron chi connectivity index (χ4n) is 0.804. The zero-order valence-corrected chi connectivity index (χ0v) is 5.87. The van der Waals surface area contributed by atoms with E-state index in [0.29, 0.717) is 0 Å². The number of methoxy groups -OCH3 is 1. The Morgan fingerprint density at radius 2 is 2.10 bits per heavy atom. The van der Waals surface area contributed by atoms with Gasteiger partial charge in [-0.25, -0.2) is 0 Å². The molecule has 0 heterocycles. The van der Waals surface area contributed by atoms with Gasteiger partial charge in [0.05, 0.1) is 7.11 Å². The van der Waals surface area contributed by atoms with Crippen LogP contribution in [0.2, 0.25) is 0 Å². The van der Waals surface area contributed by atoms with Crippen molar-refractivity contribution in [1.29, 1.82) is 0 Å². The molecule has 1 radical (unpaired) electrons. The molecule has 0 amide bonds. The number of ether oxygens (including phenoxy) is 1. The average molecular weight is 133 g/mol. The lowest BCUT2D eigenvalue weighted by atomic mass is 10.2. The van der Waals surface area contributed by atoms with E-state index in [9.17, 15) is 0 Å². The van der Waals surface area contributed by atoms with Crippen LogP contribution < -0.4 is 4.74 Å². The predicted molar refractivity (Wildman–Crippen MR) is 41.8 cm³/mol. The minimum absolute atomic E-state index is 0.810. The first-order valence-electron chi connectivity index (χ1n) is 3.06. The van der Waals surface area contributed by atoms with Gasteiger partial charge in [-0.2, -0.15) is 0 Å². The zero-order chi connectivity index (χ0) is 7.40. The molecule has 0 unspecified atom stereocenters. The summed E-state index contributed by atoms with van der Waals surface area (Å²) < 4.78 is 5.02. The van der Waals surface area contributed by atoms with Gasteiger partial charge in [0.25, 0.3) is 0 Å². The van der Waals surface area contributed by atoms with E-state index in [1.54, 1.807) is 7.11 Å². The van der Waals surface area contributed by atoms with Gasteiger partial charge in [0, 0.05) is 5.56 Å². The smallest absolute Gasteiger partial charge is 0.126 e. The Labute approximate surface area is 61.0 Å². The van der Waals surface area contributed by atoms with Crippen LogP contribution in [0.5, 0.6) is 5.75 Å². The molecule has 1 nitrogen and oxygen atoms in total. The van der Waals surface area contributed by atoms with E-state index in [2.05, 4.69) is 0 Å². The van der Waals surface area contributed by atoms with Gasteiger partial charge >= 0.3 is 0 Å². The maximum absolute atomic E-state index is 5.32. The number of para-hydroxylation sites is 1. The topological polar surface area (TPSA) is 9.23 Å². The largest absolute Gasteiger partial charge is 0.496 e. The van der Waals surface area contributed by atoms with Crippen LogP contribution in [-0.4, -0.2) is 7.11 Å². The van der Waals surface area contributed by atoms with Crippen molar-refractivity contribution in [2.45, 2.75) is 0 Å². The van der Waals surface area contributed by atoms with Crippen LogP contribution in [0, 0.1) is 6.58 Å². The van der Waals surface area contributed by atoms with Gasteiger partial charge in [-0.05, 0) is 6.07 Å². The SMILES string of the molecule is [CH]=Cc1ccccc1OC. The molecular formula is C9H9O. The normalized spacial score (nSPS) is 8.90. The van der Waals surface area contributed by atoms with Crippen LogP contribution in [0.15, 0.2) is 24.3 Å². The van der Waals surface area contributed by atoms with Gasteiger partial charge in [0.2, 0.25) is 0 Å². The Hall–Kier alpha value is -1.24. The molecule has 0 N–H and O–H groups in total. The molecule has 0 aromatic heterocycles. The van der Waals surface area contributed by atoms with Crippen LogP contribution >= 0.6 is 0 Å². The molecule has 0 bridgehead atoms. The first-order valence-corrected chi connectivity index (χ1v) is 3.06. The fourth-order valence-corrected chi connectivity index (χ4v) is 0.804. The van der Waals surface area contributed by atoms with Gasteiger partial charge in [-0.15, -0.1) is 0 Å². The van der Waals surface area contributed by atoms with Crippen LogP contribution in [0.3, 0.4) is 0 Å². The Morgan fingerprint density at radius 3 is 2.60 bits per heavy atom. The van der Waals surface area contributed by atoms with Gasteiger partial charge in [0.15, 0.2) is 0 Å². The molecule has 0 saturated heterocycles. The van der Waals surface area contributed by atoms with E-state index in [1.165, 1.54) is 6.08 Å². The van der Waals surface area contributed by atoms with Crippen LogP contribution in [0.1, 0.15) is 5.56 Å². The summed E-state index contributed by atoms with van der Waals surface area (Å²) in [5, 5.41) is 0. The quantitative estimate of drug-likeness (QED) is 0.600. The molecule has 10 heavy (non-hydrogen) atoms. The lowest BCUT2D eigenvalue weighted by Crippen LogP contribution is -1.84. The summed E-state index contributed by atoms with van der Waals surface area (Å²) in [7, 11) is 1.63. The number of hydrogen-bond donors (Lipinski definition) is 0. The molecule has 1 aromatic rings. The summed E-state index contributed by atoms with van der Waals surface area (Å²) in [6.07, 6.45) is 1.53. The summed E-state index contributed by atoms with van der Waals surface area (Å²) in [5.41, 5.74) is 0.921. The lowest BCUT2D eigenvalue weighted by molar-refractivity contribution is 0.414. The molecule has 0 atom stereocenters. The van der Waals surface area contributed by atoms with Crippen molar-refractivity contribution in [3.8, 4) is 5.75 Å². The second-order valence-corrected chi connectivity index (χ2v) is 1.91. The third kappa shape index (κ3) is 1.18. The van der Waals surface area contributed by atoms with Gasteiger partial charge < -0.3 is 4.74 Å². The highest BCUT2D eigenvalue weighted by Crippen LogP contribution is 2.17. The molecule has 0 aliphatic heterocycles. The standard InChI is InChI=1S/C9H9O/c1-3-8-6-4-5-7-9(8)10-2/h1,3-7H,2H3. The Bertz CT molecular complexity index is 228. The molecule has 0 spiro atoms. The highest BCUT2D eigenvalue weighted by Gasteiger charge is 1.93. The van der Waals surface area contributed by atoms with E-state index >= 15 is 0 Å². The summed E-state index contributed by atoms with van der Waals surface area (Å²) in [6, 6.07) is 7.60. The van der Waals surface area contributed by atoms with E-state index < -0.39 is 0 Å². The number of rotatable bonds is 2. The Kier molecular flexibility index (Phi) is 2.11. The second kappa shape index (κ2) is 3.06. The lowest BCUT2D eigenvalue weighted by Gasteiger charge is -2.01. The monoisotopic (exact) mass is 133 g/mol. The highest BCUT2D eigenvalue weighted by molar-refractivity contribution is 5.54. The van der Waals surface area contributed by atoms with E-state index in [4.69, 9.17) is 11.3 Å². The summed E-state index contributed by atoms with van der Waals surface area (Å²) in [4.78, 5) is 0. The van der Waals surface area contributed by atoms with Crippen molar-refractivity contribution in [2.24, 2.45) is 0 Å². The van der Waals surface area contributed by atoms with Crippen molar-refractivity contribution in [3.63, 3.8) is 0 Å². The zero-order valence-electron chi connectivity index (χ0n) is 5.87. The maximum atomic E-state index is 5.32. The molecule has 0 aliphatic rings. The number of hydrogen-bond acceptors (Lipinski definition) is 1. The van der Waals surface area contributed by atoms with E-state index in [1.807, 2.05) is 24.3 Å². The van der Waals surface area contributed by atoms with Gasteiger partial charge in [-0.1, -0.05) is 30.9 Å². The fraction of sp³-hybridized carbons (Fsp3) is 0.111. The molecular weight excluding hydrogens is 124 g/mol. The highest BCUT2D eigenvalue weighted by atomic mass is 16.5.